The Labute approximate surface area is 263 Å². The third kappa shape index (κ3) is 8.60. The summed E-state index contributed by atoms with van der Waals surface area (Å²) >= 11 is 12.1. The third-order valence-corrected chi connectivity index (χ3v) is 8.98. The predicted octanol–water partition coefficient (Wildman–Crippen LogP) is 6.35. The summed E-state index contributed by atoms with van der Waals surface area (Å²) in [5.41, 5.74) is 1.90. The zero-order chi connectivity index (χ0) is 31.0. The molecule has 1 atom stereocenters. The zero-order valence-electron chi connectivity index (χ0n) is 23.9. The second-order valence-corrected chi connectivity index (χ2v) is 13.1. The highest BCUT2D eigenvalue weighted by atomic mass is 35.5. The molecular weight excluding hydrogens is 605 g/mol. The standard InChI is InChI=1S/C33H33Cl2N3O4S/c1-24(2)36-33(40)31(21-25-9-5-3-6-10-25)37(22-26-13-15-27(34)16-14-26)32(39)23-38(29-11-7-4-8-12-29)43(41,42)30-19-17-28(35)18-20-30/h3-20,24,31H,21-23H2,1-2H3,(H,36,40). The molecule has 4 aromatic rings. The first-order valence-electron chi connectivity index (χ1n) is 13.8. The van der Waals surface area contributed by atoms with Crippen LogP contribution >= 0.6 is 23.2 Å². The number of benzene rings is 4. The average Bonchev–Trinajstić information content (AvgIpc) is 2.99. The minimum absolute atomic E-state index is 0.0174. The molecule has 10 heteroatoms. The minimum atomic E-state index is -4.19. The fourth-order valence-corrected chi connectivity index (χ4v) is 6.24. The number of rotatable bonds is 12. The summed E-state index contributed by atoms with van der Waals surface area (Å²) in [6.45, 7) is 3.21. The van der Waals surface area contributed by atoms with Gasteiger partial charge >= 0.3 is 0 Å². The molecule has 1 unspecified atom stereocenters. The van der Waals surface area contributed by atoms with Crippen molar-refractivity contribution < 1.29 is 18.0 Å². The number of halogens is 2. The van der Waals surface area contributed by atoms with Crippen LogP contribution < -0.4 is 9.62 Å². The van der Waals surface area contributed by atoms with Crippen molar-refractivity contribution in [3.63, 3.8) is 0 Å². The molecule has 0 radical (unpaired) electrons. The molecule has 224 valence electrons. The van der Waals surface area contributed by atoms with Gasteiger partial charge in [0.2, 0.25) is 11.8 Å². The van der Waals surface area contributed by atoms with Crippen LogP contribution in [0.4, 0.5) is 5.69 Å². The van der Waals surface area contributed by atoms with Crippen LogP contribution in [0.1, 0.15) is 25.0 Å². The Balaban J connectivity index is 1.78. The number of sulfonamides is 1. The number of hydrogen-bond acceptors (Lipinski definition) is 4. The van der Waals surface area contributed by atoms with Gasteiger partial charge < -0.3 is 10.2 Å². The Morgan fingerprint density at radius 2 is 1.28 bits per heavy atom. The highest BCUT2D eigenvalue weighted by Crippen LogP contribution is 2.26. The fraction of sp³-hybridized carbons (Fsp3) is 0.212. The molecule has 7 nitrogen and oxygen atoms in total. The predicted molar refractivity (Wildman–Crippen MR) is 172 cm³/mol. The van der Waals surface area contributed by atoms with Crippen LogP contribution in [0.15, 0.2) is 114 Å². The van der Waals surface area contributed by atoms with E-state index in [1.54, 1.807) is 54.6 Å². The van der Waals surface area contributed by atoms with Crippen LogP contribution in [0.25, 0.3) is 0 Å². The van der Waals surface area contributed by atoms with Crippen LogP contribution in [0.2, 0.25) is 10.0 Å². The Kier molecular flexibility index (Phi) is 10.9. The summed E-state index contributed by atoms with van der Waals surface area (Å²) in [7, 11) is -4.19. The molecule has 1 N–H and O–H groups in total. The van der Waals surface area contributed by atoms with E-state index in [1.807, 2.05) is 44.2 Å². The number of nitrogens with one attached hydrogen (secondary N) is 1. The van der Waals surface area contributed by atoms with Crippen LogP contribution in [-0.4, -0.2) is 43.8 Å². The number of anilines is 1. The number of hydrogen-bond donors (Lipinski definition) is 1. The molecule has 4 aromatic carbocycles. The summed E-state index contributed by atoms with van der Waals surface area (Å²) in [6.07, 6.45) is 0.230. The first-order valence-corrected chi connectivity index (χ1v) is 16.0. The van der Waals surface area contributed by atoms with E-state index in [1.165, 1.54) is 29.2 Å². The van der Waals surface area contributed by atoms with Gasteiger partial charge in [0.1, 0.15) is 12.6 Å². The lowest BCUT2D eigenvalue weighted by atomic mass is 10.0. The van der Waals surface area contributed by atoms with Gasteiger partial charge in [-0.2, -0.15) is 0 Å². The Morgan fingerprint density at radius 3 is 1.84 bits per heavy atom. The minimum Gasteiger partial charge on any atom is -0.352 e. The maximum absolute atomic E-state index is 14.3. The van der Waals surface area contributed by atoms with Crippen LogP contribution in [0, 0.1) is 0 Å². The molecule has 0 aliphatic heterocycles. The zero-order valence-corrected chi connectivity index (χ0v) is 26.2. The first kappa shape index (κ1) is 32.1. The lowest BCUT2D eigenvalue weighted by molar-refractivity contribution is -0.140. The molecule has 0 bridgehead atoms. The van der Waals surface area contributed by atoms with Crippen molar-refractivity contribution in [1.82, 2.24) is 10.2 Å². The Hall–Kier alpha value is -3.85. The molecule has 0 saturated heterocycles. The molecule has 0 fully saturated rings. The molecule has 0 aromatic heterocycles. The van der Waals surface area contributed by atoms with E-state index in [0.717, 1.165) is 15.4 Å². The van der Waals surface area contributed by atoms with Crippen molar-refractivity contribution >= 4 is 50.7 Å². The van der Waals surface area contributed by atoms with Gasteiger partial charge in [-0.05, 0) is 73.5 Å². The summed E-state index contributed by atoms with van der Waals surface area (Å²) < 4.78 is 29.0. The first-order chi connectivity index (χ1) is 20.5. The van der Waals surface area contributed by atoms with Crippen LogP contribution in [-0.2, 0) is 32.6 Å². The number of carbonyl (C=O) groups excluding carboxylic acids is 2. The average molecular weight is 639 g/mol. The van der Waals surface area contributed by atoms with E-state index < -0.39 is 28.5 Å². The van der Waals surface area contributed by atoms with Crippen molar-refractivity contribution in [1.29, 1.82) is 0 Å². The van der Waals surface area contributed by atoms with Crippen molar-refractivity contribution in [2.24, 2.45) is 0 Å². The number of carbonyl (C=O) groups is 2. The largest absolute Gasteiger partial charge is 0.352 e. The van der Waals surface area contributed by atoms with E-state index in [-0.39, 0.29) is 29.8 Å². The van der Waals surface area contributed by atoms with Crippen molar-refractivity contribution in [3.05, 3.63) is 130 Å². The molecule has 0 aliphatic rings. The van der Waals surface area contributed by atoms with Crippen LogP contribution in [0.5, 0.6) is 0 Å². The number of para-hydroxylation sites is 1. The summed E-state index contributed by atoms with van der Waals surface area (Å²) in [4.78, 5) is 29.5. The van der Waals surface area contributed by atoms with E-state index in [9.17, 15) is 18.0 Å². The SMILES string of the molecule is CC(C)NC(=O)C(Cc1ccccc1)N(Cc1ccc(Cl)cc1)C(=O)CN(c1ccccc1)S(=O)(=O)c1ccc(Cl)cc1. The van der Waals surface area contributed by atoms with E-state index in [0.29, 0.717) is 15.7 Å². The molecular formula is C33H33Cl2N3O4S. The van der Waals surface area contributed by atoms with E-state index >= 15 is 0 Å². The monoisotopic (exact) mass is 637 g/mol. The van der Waals surface area contributed by atoms with Gasteiger partial charge in [-0.15, -0.1) is 0 Å². The van der Waals surface area contributed by atoms with Crippen molar-refractivity contribution in [2.45, 2.75) is 43.8 Å². The highest BCUT2D eigenvalue weighted by Gasteiger charge is 2.34. The summed E-state index contributed by atoms with van der Waals surface area (Å²) in [6, 6.07) is 29.4. The van der Waals surface area contributed by atoms with Gasteiger partial charge in [0.15, 0.2) is 0 Å². The number of nitrogens with zero attached hydrogens (tertiary/aromatic N) is 2. The maximum atomic E-state index is 14.3. The lowest BCUT2D eigenvalue weighted by Gasteiger charge is -2.34. The van der Waals surface area contributed by atoms with Crippen molar-refractivity contribution in [2.75, 3.05) is 10.8 Å². The van der Waals surface area contributed by atoms with E-state index in [2.05, 4.69) is 5.32 Å². The van der Waals surface area contributed by atoms with Crippen LogP contribution in [0.3, 0.4) is 0 Å². The third-order valence-electron chi connectivity index (χ3n) is 6.69. The normalized spacial score (nSPS) is 12.0. The molecule has 0 heterocycles. The summed E-state index contributed by atoms with van der Waals surface area (Å²) in [5.74, 6) is -0.885. The molecule has 0 aliphatic carbocycles. The molecule has 43 heavy (non-hydrogen) atoms. The summed E-state index contributed by atoms with van der Waals surface area (Å²) in [5, 5.41) is 3.86. The Morgan fingerprint density at radius 1 is 0.744 bits per heavy atom. The fourth-order valence-electron chi connectivity index (χ4n) is 4.58. The highest BCUT2D eigenvalue weighted by molar-refractivity contribution is 7.92. The second kappa shape index (κ2) is 14.6. The van der Waals surface area contributed by atoms with Gasteiger partial charge in [0.25, 0.3) is 10.0 Å². The molecule has 4 rings (SSSR count). The second-order valence-electron chi connectivity index (χ2n) is 10.3. The van der Waals surface area contributed by atoms with Gasteiger partial charge in [0, 0.05) is 29.1 Å². The van der Waals surface area contributed by atoms with E-state index in [4.69, 9.17) is 23.2 Å². The number of amides is 2. The topological polar surface area (TPSA) is 86.8 Å². The van der Waals surface area contributed by atoms with Gasteiger partial charge in [-0.3, -0.25) is 13.9 Å². The van der Waals surface area contributed by atoms with Gasteiger partial charge in [-0.25, -0.2) is 8.42 Å². The molecule has 2 amide bonds. The lowest BCUT2D eigenvalue weighted by Crippen LogP contribution is -2.54. The van der Waals surface area contributed by atoms with Gasteiger partial charge in [-0.1, -0.05) is 83.9 Å². The van der Waals surface area contributed by atoms with Gasteiger partial charge in [0.05, 0.1) is 10.6 Å². The molecule has 0 saturated carbocycles. The quantitative estimate of drug-likeness (QED) is 0.196. The smallest absolute Gasteiger partial charge is 0.264 e. The van der Waals surface area contributed by atoms with Crippen molar-refractivity contribution in [3.8, 4) is 0 Å². The molecule has 0 spiro atoms. The maximum Gasteiger partial charge on any atom is 0.264 e. The Bertz CT molecular complexity index is 1620.